The molecule has 0 aliphatic rings. The van der Waals surface area contributed by atoms with Crippen LogP contribution in [-0.4, -0.2) is 9.38 Å². The molecule has 2 aromatic heterocycles. The maximum atomic E-state index is 12.7. The Labute approximate surface area is 104 Å². The number of pyridine rings is 1. The Bertz CT molecular complexity index is 597. The number of imidazole rings is 1. The van der Waals surface area contributed by atoms with E-state index in [1.165, 1.54) is 0 Å². The van der Waals surface area contributed by atoms with Crippen molar-refractivity contribution < 1.29 is 26.3 Å². The first-order valence-electron chi connectivity index (χ1n) is 4.43. The van der Waals surface area contributed by atoms with Gasteiger partial charge in [0.25, 0.3) is 0 Å². The molecule has 0 aliphatic carbocycles. The molecule has 0 spiro atoms. The van der Waals surface area contributed by atoms with Crippen LogP contribution >= 0.6 is 15.9 Å². The van der Waals surface area contributed by atoms with E-state index >= 15 is 0 Å². The Balaban J connectivity index is 2.83. The summed E-state index contributed by atoms with van der Waals surface area (Å²) < 4.78 is 75.2. The highest BCUT2D eigenvalue weighted by molar-refractivity contribution is 9.10. The Morgan fingerprint density at radius 1 is 1.00 bits per heavy atom. The van der Waals surface area contributed by atoms with Crippen LogP contribution in [0.4, 0.5) is 26.3 Å². The second-order valence-corrected chi connectivity index (χ2v) is 4.10. The fourth-order valence-electron chi connectivity index (χ4n) is 1.46. The van der Waals surface area contributed by atoms with E-state index in [4.69, 9.17) is 0 Å². The van der Waals surface area contributed by atoms with Gasteiger partial charge in [0, 0.05) is 0 Å². The predicted molar refractivity (Wildman–Crippen MR) is 52.9 cm³/mol. The highest BCUT2D eigenvalue weighted by Gasteiger charge is 2.40. The lowest BCUT2D eigenvalue weighted by Crippen LogP contribution is -2.12. The van der Waals surface area contributed by atoms with E-state index in [2.05, 4.69) is 20.9 Å². The highest BCUT2D eigenvalue weighted by atomic mass is 79.9. The first-order valence-corrected chi connectivity index (χ1v) is 5.23. The SMILES string of the molecule is FC(F)(F)c1nc2cccc(C(F)(F)F)n2c1Br. The van der Waals surface area contributed by atoms with E-state index in [-0.39, 0.29) is 0 Å². The highest BCUT2D eigenvalue weighted by Crippen LogP contribution is 2.38. The van der Waals surface area contributed by atoms with Crippen LogP contribution in [0.3, 0.4) is 0 Å². The lowest BCUT2D eigenvalue weighted by molar-refractivity contribution is -0.144. The standard InChI is InChI=1S/C9H3BrF6N2/c10-7-6(9(14,15)16)17-5-3-1-2-4(18(5)7)8(11,12)13/h1-3H. The molecule has 0 atom stereocenters. The maximum absolute atomic E-state index is 12.7. The van der Waals surface area contributed by atoms with Crippen LogP contribution in [0.2, 0.25) is 0 Å². The Morgan fingerprint density at radius 2 is 1.61 bits per heavy atom. The van der Waals surface area contributed by atoms with Gasteiger partial charge in [-0.3, -0.25) is 4.40 Å². The molecule has 0 saturated heterocycles. The van der Waals surface area contributed by atoms with Crippen LogP contribution in [0.1, 0.15) is 11.4 Å². The minimum atomic E-state index is -4.83. The minimum absolute atomic E-state index is 0.378. The van der Waals surface area contributed by atoms with Gasteiger partial charge in [0.2, 0.25) is 0 Å². The van der Waals surface area contributed by atoms with Crippen molar-refractivity contribution in [2.75, 3.05) is 0 Å². The average Bonchev–Trinajstić information content (AvgIpc) is 2.54. The summed E-state index contributed by atoms with van der Waals surface area (Å²) in [6.45, 7) is 0. The van der Waals surface area contributed by atoms with Gasteiger partial charge >= 0.3 is 12.4 Å². The summed E-state index contributed by atoms with van der Waals surface area (Å²) >= 11 is 2.51. The number of halogens is 7. The molecule has 0 radical (unpaired) electrons. The van der Waals surface area contributed by atoms with Gasteiger partial charge in [-0.05, 0) is 28.1 Å². The number of alkyl halides is 6. The summed E-state index contributed by atoms with van der Waals surface area (Å²) in [6.07, 6.45) is -9.60. The Kier molecular flexibility index (Phi) is 2.84. The van der Waals surface area contributed by atoms with Crippen molar-refractivity contribution in [1.82, 2.24) is 9.38 Å². The predicted octanol–water partition coefficient (Wildman–Crippen LogP) is 4.13. The van der Waals surface area contributed by atoms with Gasteiger partial charge in [-0.15, -0.1) is 0 Å². The zero-order chi connectivity index (χ0) is 13.7. The Morgan fingerprint density at radius 3 is 2.11 bits per heavy atom. The first-order chi connectivity index (χ1) is 8.12. The van der Waals surface area contributed by atoms with Gasteiger partial charge in [0.15, 0.2) is 5.69 Å². The van der Waals surface area contributed by atoms with E-state index in [0.29, 0.717) is 10.5 Å². The monoisotopic (exact) mass is 332 g/mol. The number of fused-ring (bicyclic) bond motifs is 1. The smallest absolute Gasteiger partial charge is 0.282 e. The molecule has 98 valence electrons. The zero-order valence-corrected chi connectivity index (χ0v) is 9.86. The van der Waals surface area contributed by atoms with Gasteiger partial charge in [-0.1, -0.05) is 6.07 Å². The van der Waals surface area contributed by atoms with Gasteiger partial charge < -0.3 is 0 Å². The molecule has 0 aromatic carbocycles. The summed E-state index contributed by atoms with van der Waals surface area (Å²) in [6, 6.07) is 2.74. The van der Waals surface area contributed by atoms with Crippen molar-refractivity contribution in [2.24, 2.45) is 0 Å². The number of nitrogens with zero attached hydrogens (tertiary/aromatic N) is 2. The second-order valence-electron chi connectivity index (χ2n) is 3.35. The molecule has 2 aromatic rings. The third-order valence-electron chi connectivity index (χ3n) is 2.15. The number of aromatic nitrogens is 2. The summed E-state index contributed by atoms with van der Waals surface area (Å²) in [7, 11) is 0. The van der Waals surface area contributed by atoms with E-state index in [9.17, 15) is 26.3 Å². The van der Waals surface area contributed by atoms with Crippen molar-refractivity contribution >= 4 is 21.6 Å². The molecule has 0 aliphatic heterocycles. The molecule has 2 rings (SSSR count). The lowest BCUT2D eigenvalue weighted by atomic mass is 10.3. The third-order valence-corrected chi connectivity index (χ3v) is 2.88. The van der Waals surface area contributed by atoms with E-state index in [0.717, 1.165) is 12.1 Å². The van der Waals surface area contributed by atoms with Crippen molar-refractivity contribution in [1.29, 1.82) is 0 Å². The third kappa shape index (κ3) is 2.06. The number of hydrogen-bond donors (Lipinski definition) is 0. The quantitative estimate of drug-likeness (QED) is 0.663. The van der Waals surface area contributed by atoms with Gasteiger partial charge in [0.1, 0.15) is 15.9 Å². The second kappa shape index (κ2) is 3.87. The maximum Gasteiger partial charge on any atom is 0.436 e. The van der Waals surface area contributed by atoms with Gasteiger partial charge in [-0.25, -0.2) is 4.98 Å². The fraction of sp³-hybridized carbons (Fsp3) is 0.222. The normalized spacial score (nSPS) is 13.3. The van der Waals surface area contributed by atoms with Crippen molar-refractivity contribution in [3.8, 4) is 0 Å². The van der Waals surface area contributed by atoms with E-state index in [1.54, 1.807) is 0 Å². The molecular formula is C9H3BrF6N2. The molecule has 9 heteroatoms. The molecule has 0 unspecified atom stereocenters. The summed E-state index contributed by atoms with van der Waals surface area (Å²) in [5.41, 5.74) is -3.04. The summed E-state index contributed by atoms with van der Waals surface area (Å²) in [4.78, 5) is 3.15. The summed E-state index contributed by atoms with van der Waals surface area (Å²) in [5.74, 6) is 0. The molecule has 0 saturated carbocycles. The average molecular weight is 333 g/mol. The lowest BCUT2D eigenvalue weighted by Gasteiger charge is -2.10. The zero-order valence-electron chi connectivity index (χ0n) is 8.27. The molecule has 0 N–H and O–H groups in total. The fourth-order valence-corrected chi connectivity index (χ4v) is 2.15. The van der Waals surface area contributed by atoms with Crippen LogP contribution in [0.5, 0.6) is 0 Å². The molecular weight excluding hydrogens is 330 g/mol. The van der Waals surface area contributed by atoms with Crippen LogP contribution in [0.15, 0.2) is 22.8 Å². The summed E-state index contributed by atoms with van der Waals surface area (Å²) in [5, 5.41) is 0. The van der Waals surface area contributed by atoms with Gasteiger partial charge in [-0.2, -0.15) is 26.3 Å². The number of rotatable bonds is 0. The molecule has 0 bridgehead atoms. The first kappa shape index (κ1) is 13.2. The largest absolute Gasteiger partial charge is 0.436 e. The molecule has 18 heavy (non-hydrogen) atoms. The number of hydrogen-bond acceptors (Lipinski definition) is 1. The van der Waals surface area contributed by atoms with E-state index < -0.39 is 34.0 Å². The molecule has 2 heterocycles. The van der Waals surface area contributed by atoms with E-state index in [1.807, 2.05) is 0 Å². The van der Waals surface area contributed by atoms with Crippen LogP contribution in [0, 0.1) is 0 Å². The van der Waals surface area contributed by atoms with Crippen LogP contribution < -0.4 is 0 Å². The van der Waals surface area contributed by atoms with Gasteiger partial charge in [0.05, 0.1) is 0 Å². The van der Waals surface area contributed by atoms with Crippen molar-refractivity contribution in [3.05, 3.63) is 34.2 Å². The molecule has 0 fully saturated rings. The van der Waals surface area contributed by atoms with Crippen molar-refractivity contribution in [3.63, 3.8) is 0 Å². The van der Waals surface area contributed by atoms with Crippen LogP contribution in [-0.2, 0) is 12.4 Å². The molecule has 2 nitrogen and oxygen atoms in total. The molecule has 0 amide bonds. The topological polar surface area (TPSA) is 17.3 Å². The minimum Gasteiger partial charge on any atom is -0.282 e. The Hall–Kier alpha value is -1.25. The van der Waals surface area contributed by atoms with Crippen LogP contribution in [0.25, 0.3) is 5.65 Å². The van der Waals surface area contributed by atoms with Crippen molar-refractivity contribution in [2.45, 2.75) is 12.4 Å².